The topological polar surface area (TPSA) is 57.7 Å². The fourth-order valence-corrected chi connectivity index (χ4v) is 4.85. The Balaban J connectivity index is 1.98. The minimum atomic E-state index is -3.67. The molecule has 162 valence electrons. The largest absolute Gasteiger partial charge is 0.332 e. The van der Waals surface area contributed by atoms with Crippen LogP contribution in [0.3, 0.4) is 0 Å². The number of sulfonamides is 1. The summed E-state index contributed by atoms with van der Waals surface area (Å²) in [4.78, 5) is 15.5. The van der Waals surface area contributed by atoms with Gasteiger partial charge in [0.05, 0.1) is 11.9 Å². The van der Waals surface area contributed by atoms with Gasteiger partial charge < -0.3 is 4.90 Å². The Morgan fingerprint density at radius 2 is 1.19 bits per heavy atom. The summed E-state index contributed by atoms with van der Waals surface area (Å²) in [6.07, 6.45) is 1.51. The van der Waals surface area contributed by atoms with Crippen molar-refractivity contribution in [3.05, 3.63) is 102 Å². The Morgan fingerprint density at radius 1 is 0.774 bits per heavy atom. The molecule has 0 radical (unpaired) electrons. The predicted octanol–water partition coefficient (Wildman–Crippen LogP) is 4.46. The van der Waals surface area contributed by atoms with Crippen LogP contribution in [0.1, 0.15) is 24.5 Å². The average Bonchev–Trinajstić information content (AvgIpc) is 2.77. The maximum absolute atomic E-state index is 13.8. The summed E-state index contributed by atoms with van der Waals surface area (Å²) in [6.45, 7) is 2.64. The van der Waals surface area contributed by atoms with Gasteiger partial charge >= 0.3 is 0 Å². The molecule has 5 nitrogen and oxygen atoms in total. The second kappa shape index (κ2) is 10.3. The molecule has 0 bridgehead atoms. The van der Waals surface area contributed by atoms with Crippen LogP contribution >= 0.6 is 0 Å². The molecule has 0 aliphatic heterocycles. The molecule has 0 spiro atoms. The number of anilines is 1. The van der Waals surface area contributed by atoms with Crippen LogP contribution in [-0.4, -0.2) is 31.5 Å². The third-order valence-electron chi connectivity index (χ3n) is 5.07. The molecule has 0 aliphatic carbocycles. The highest BCUT2D eigenvalue weighted by Crippen LogP contribution is 2.24. The molecule has 3 aromatic rings. The lowest BCUT2D eigenvalue weighted by Gasteiger charge is -2.34. The number of hydrogen-bond donors (Lipinski definition) is 0. The van der Waals surface area contributed by atoms with Crippen LogP contribution < -0.4 is 4.31 Å². The number of rotatable bonds is 9. The van der Waals surface area contributed by atoms with Gasteiger partial charge in [-0.2, -0.15) is 0 Å². The van der Waals surface area contributed by atoms with Crippen molar-refractivity contribution in [2.45, 2.75) is 32.5 Å². The number of hydrogen-bond acceptors (Lipinski definition) is 3. The molecule has 0 unspecified atom stereocenters. The van der Waals surface area contributed by atoms with Crippen LogP contribution in [0.25, 0.3) is 0 Å². The number of carbonyl (C=O) groups is 1. The lowest BCUT2D eigenvalue weighted by molar-refractivity contribution is -0.133. The maximum atomic E-state index is 13.8. The lowest BCUT2D eigenvalue weighted by atomic mass is 10.1. The fraction of sp³-hybridized carbons (Fsp3) is 0.240. The summed E-state index contributed by atoms with van der Waals surface area (Å²) in [5, 5.41) is 0. The first-order valence-corrected chi connectivity index (χ1v) is 12.2. The van der Waals surface area contributed by atoms with E-state index in [0.717, 1.165) is 17.4 Å². The number of para-hydroxylation sites is 1. The van der Waals surface area contributed by atoms with Gasteiger partial charge in [-0.3, -0.25) is 9.10 Å². The molecule has 0 heterocycles. The minimum absolute atomic E-state index is 0.218. The monoisotopic (exact) mass is 436 g/mol. The molecule has 0 aliphatic rings. The second-order valence-electron chi connectivity index (χ2n) is 7.48. The van der Waals surface area contributed by atoms with Crippen LogP contribution in [0, 0.1) is 0 Å². The van der Waals surface area contributed by atoms with E-state index in [1.54, 1.807) is 29.2 Å². The van der Waals surface area contributed by atoms with Crippen molar-refractivity contribution in [2.75, 3.05) is 10.6 Å². The highest BCUT2D eigenvalue weighted by Gasteiger charge is 2.34. The van der Waals surface area contributed by atoms with E-state index in [2.05, 4.69) is 0 Å². The molecule has 0 saturated heterocycles. The second-order valence-corrected chi connectivity index (χ2v) is 9.34. The van der Waals surface area contributed by atoms with Crippen molar-refractivity contribution in [3.8, 4) is 0 Å². The first-order chi connectivity index (χ1) is 14.9. The van der Waals surface area contributed by atoms with Gasteiger partial charge in [0.2, 0.25) is 15.9 Å². The molecule has 1 atom stereocenters. The van der Waals surface area contributed by atoms with Crippen molar-refractivity contribution < 1.29 is 13.2 Å². The van der Waals surface area contributed by atoms with E-state index in [-0.39, 0.29) is 5.91 Å². The van der Waals surface area contributed by atoms with Crippen LogP contribution in [0.5, 0.6) is 0 Å². The maximum Gasteiger partial charge on any atom is 0.247 e. The van der Waals surface area contributed by atoms with Gasteiger partial charge in [-0.25, -0.2) is 8.42 Å². The van der Waals surface area contributed by atoms with Gasteiger partial charge in [0.15, 0.2) is 0 Å². The van der Waals surface area contributed by atoms with Gasteiger partial charge in [0.25, 0.3) is 0 Å². The van der Waals surface area contributed by atoms with Crippen LogP contribution in [0.2, 0.25) is 0 Å². The number of amides is 1. The van der Waals surface area contributed by atoms with Crippen molar-refractivity contribution in [2.24, 2.45) is 0 Å². The summed E-state index contributed by atoms with van der Waals surface area (Å²) in [5.74, 6) is -0.218. The Bertz CT molecular complexity index is 1030. The summed E-state index contributed by atoms with van der Waals surface area (Å²) in [5.41, 5.74) is 2.48. The molecule has 0 aromatic heterocycles. The van der Waals surface area contributed by atoms with Crippen molar-refractivity contribution in [1.29, 1.82) is 0 Å². The summed E-state index contributed by atoms with van der Waals surface area (Å²) >= 11 is 0. The lowest BCUT2D eigenvalue weighted by Crippen LogP contribution is -2.50. The molecule has 3 aromatic carbocycles. The highest BCUT2D eigenvalue weighted by atomic mass is 32.2. The predicted molar refractivity (Wildman–Crippen MR) is 125 cm³/mol. The molecular formula is C25H28N2O3S. The molecule has 3 rings (SSSR count). The average molecular weight is 437 g/mol. The Morgan fingerprint density at radius 3 is 1.58 bits per heavy atom. The van der Waals surface area contributed by atoms with Gasteiger partial charge in [-0.1, -0.05) is 85.8 Å². The van der Waals surface area contributed by atoms with Gasteiger partial charge in [0, 0.05) is 13.1 Å². The summed E-state index contributed by atoms with van der Waals surface area (Å²) < 4.78 is 26.7. The SMILES string of the molecule is CC[C@@H](C(=O)N(Cc1ccccc1)Cc1ccccc1)N(c1ccccc1)S(C)(=O)=O. The van der Waals surface area contributed by atoms with Crippen LogP contribution in [0.4, 0.5) is 5.69 Å². The molecule has 0 fully saturated rings. The van der Waals surface area contributed by atoms with E-state index < -0.39 is 16.1 Å². The van der Waals surface area contributed by atoms with Crippen molar-refractivity contribution in [3.63, 3.8) is 0 Å². The first kappa shape index (κ1) is 22.6. The van der Waals surface area contributed by atoms with Crippen molar-refractivity contribution in [1.82, 2.24) is 4.90 Å². The molecule has 1 amide bonds. The number of carbonyl (C=O) groups excluding carboxylic acids is 1. The Kier molecular flexibility index (Phi) is 7.47. The zero-order chi connectivity index (χ0) is 22.3. The quantitative estimate of drug-likeness (QED) is 0.498. The van der Waals surface area contributed by atoms with Crippen molar-refractivity contribution >= 4 is 21.6 Å². The van der Waals surface area contributed by atoms with Crippen LogP contribution in [-0.2, 0) is 27.9 Å². The number of nitrogens with zero attached hydrogens (tertiary/aromatic N) is 2. The Labute approximate surface area is 185 Å². The molecule has 31 heavy (non-hydrogen) atoms. The minimum Gasteiger partial charge on any atom is -0.332 e. The van der Waals surface area contributed by atoms with E-state index in [9.17, 15) is 13.2 Å². The Hall–Kier alpha value is -3.12. The van der Waals surface area contributed by atoms with E-state index in [1.807, 2.05) is 73.7 Å². The fourth-order valence-electron chi connectivity index (χ4n) is 3.65. The first-order valence-electron chi connectivity index (χ1n) is 10.3. The zero-order valence-corrected chi connectivity index (χ0v) is 18.7. The normalized spacial score (nSPS) is 12.2. The smallest absolute Gasteiger partial charge is 0.247 e. The van der Waals surface area contributed by atoms with E-state index >= 15 is 0 Å². The molecular weight excluding hydrogens is 408 g/mol. The van der Waals surface area contributed by atoms with E-state index in [4.69, 9.17) is 0 Å². The molecule has 0 saturated carbocycles. The standard InChI is InChI=1S/C25H28N2O3S/c1-3-24(27(31(2,29)30)23-17-11-6-12-18-23)25(28)26(19-21-13-7-4-8-14-21)20-22-15-9-5-10-16-22/h4-18,24H,3,19-20H2,1-2H3/t24-/m0/s1. The van der Waals surface area contributed by atoms with Gasteiger partial charge in [-0.15, -0.1) is 0 Å². The third-order valence-corrected chi connectivity index (χ3v) is 6.25. The van der Waals surface area contributed by atoms with E-state index in [1.165, 1.54) is 4.31 Å². The molecule has 6 heteroatoms. The van der Waals surface area contributed by atoms with E-state index in [0.29, 0.717) is 25.2 Å². The molecule has 0 N–H and O–H groups in total. The summed E-state index contributed by atoms with van der Waals surface area (Å²) in [6, 6.07) is 27.5. The van der Waals surface area contributed by atoms with Gasteiger partial charge in [0.1, 0.15) is 6.04 Å². The highest BCUT2D eigenvalue weighted by molar-refractivity contribution is 7.92. The van der Waals surface area contributed by atoms with Crippen LogP contribution in [0.15, 0.2) is 91.0 Å². The van der Waals surface area contributed by atoms with Gasteiger partial charge in [-0.05, 0) is 29.7 Å². The summed E-state index contributed by atoms with van der Waals surface area (Å²) in [7, 11) is -3.67. The third kappa shape index (κ3) is 5.95. The zero-order valence-electron chi connectivity index (χ0n) is 17.9. The number of benzene rings is 3.